The molecule has 0 saturated heterocycles. The highest BCUT2D eigenvalue weighted by Crippen LogP contribution is 2.26. The summed E-state index contributed by atoms with van der Waals surface area (Å²) in [4.78, 5) is 0. The SMILES string of the molecule is C=C[Si](C)(C=C)CCC(F)(F)F. The number of rotatable bonds is 4. The van der Waals surface area contributed by atoms with Crippen molar-refractivity contribution in [2.75, 3.05) is 0 Å². The lowest BCUT2D eigenvalue weighted by molar-refractivity contribution is -0.130. The predicted octanol–water partition coefficient (Wildman–Crippen LogP) is 3.47. The fraction of sp³-hybridized carbons (Fsp3) is 0.500. The number of alkyl halides is 3. The lowest BCUT2D eigenvalue weighted by Gasteiger charge is -2.18. The van der Waals surface area contributed by atoms with Crippen molar-refractivity contribution in [3.63, 3.8) is 0 Å². The smallest absolute Gasteiger partial charge is 0.171 e. The monoisotopic (exact) mass is 194 g/mol. The van der Waals surface area contributed by atoms with E-state index in [4.69, 9.17) is 0 Å². The van der Waals surface area contributed by atoms with E-state index >= 15 is 0 Å². The van der Waals surface area contributed by atoms with Gasteiger partial charge in [-0.15, -0.1) is 13.2 Å². The van der Waals surface area contributed by atoms with Gasteiger partial charge in [0.2, 0.25) is 0 Å². The molecule has 0 aromatic heterocycles. The Morgan fingerprint density at radius 1 is 1.25 bits per heavy atom. The molecule has 0 radical (unpaired) electrons. The maximum absolute atomic E-state index is 11.8. The molecule has 0 aromatic carbocycles. The zero-order chi connectivity index (χ0) is 9.83. The van der Waals surface area contributed by atoms with Gasteiger partial charge < -0.3 is 0 Å². The van der Waals surface area contributed by atoms with Crippen molar-refractivity contribution in [1.29, 1.82) is 0 Å². The van der Waals surface area contributed by atoms with Crippen molar-refractivity contribution >= 4 is 8.07 Å². The second-order valence-electron chi connectivity index (χ2n) is 3.03. The lowest BCUT2D eigenvalue weighted by Crippen LogP contribution is -2.26. The summed E-state index contributed by atoms with van der Waals surface area (Å²) in [7, 11) is -2.00. The lowest BCUT2D eigenvalue weighted by atomic mass is 10.5. The van der Waals surface area contributed by atoms with E-state index < -0.39 is 20.7 Å². The van der Waals surface area contributed by atoms with Crippen LogP contribution in [0.1, 0.15) is 6.42 Å². The van der Waals surface area contributed by atoms with Crippen molar-refractivity contribution in [3.8, 4) is 0 Å². The first-order valence-corrected chi connectivity index (χ1v) is 6.53. The molecule has 12 heavy (non-hydrogen) atoms. The fourth-order valence-electron chi connectivity index (χ4n) is 0.699. The third kappa shape index (κ3) is 4.38. The van der Waals surface area contributed by atoms with Crippen LogP contribution in [0.15, 0.2) is 24.6 Å². The number of halogens is 3. The Morgan fingerprint density at radius 2 is 1.67 bits per heavy atom. The van der Waals surface area contributed by atoms with E-state index in [2.05, 4.69) is 13.2 Å². The molecule has 0 bridgehead atoms. The minimum atomic E-state index is -4.06. The standard InChI is InChI=1S/C8H13F3Si/c1-4-12(3,5-2)7-6-8(9,10)11/h4-5H,1-2,6-7H2,3H3. The average molecular weight is 194 g/mol. The van der Waals surface area contributed by atoms with Gasteiger partial charge in [-0.2, -0.15) is 13.2 Å². The Kier molecular flexibility index (Phi) is 3.77. The van der Waals surface area contributed by atoms with E-state index in [9.17, 15) is 13.2 Å². The Hall–Kier alpha value is -0.513. The van der Waals surface area contributed by atoms with E-state index in [0.717, 1.165) is 0 Å². The van der Waals surface area contributed by atoms with Crippen LogP contribution in [0.25, 0.3) is 0 Å². The molecule has 0 spiro atoms. The minimum absolute atomic E-state index is 0.156. The quantitative estimate of drug-likeness (QED) is 0.601. The van der Waals surface area contributed by atoms with Crippen molar-refractivity contribution in [2.45, 2.75) is 25.2 Å². The van der Waals surface area contributed by atoms with Crippen LogP contribution in [0.4, 0.5) is 13.2 Å². The van der Waals surface area contributed by atoms with E-state index in [-0.39, 0.29) is 6.04 Å². The highest BCUT2D eigenvalue weighted by molar-refractivity contribution is 6.87. The van der Waals surface area contributed by atoms with E-state index in [0.29, 0.717) is 0 Å². The molecule has 0 aliphatic carbocycles. The molecule has 0 amide bonds. The Labute approximate surface area is 71.8 Å². The molecule has 70 valence electrons. The first-order valence-electron chi connectivity index (χ1n) is 3.67. The van der Waals surface area contributed by atoms with Crippen LogP contribution in [0.3, 0.4) is 0 Å². The first kappa shape index (κ1) is 11.5. The van der Waals surface area contributed by atoms with Gasteiger partial charge in [-0.1, -0.05) is 17.9 Å². The van der Waals surface area contributed by atoms with Crippen LogP contribution in [0.5, 0.6) is 0 Å². The second-order valence-corrected chi connectivity index (χ2v) is 7.36. The third-order valence-electron chi connectivity index (χ3n) is 1.88. The number of hydrogen-bond acceptors (Lipinski definition) is 0. The zero-order valence-electron chi connectivity index (χ0n) is 7.12. The normalized spacial score (nSPS) is 12.7. The molecule has 0 aromatic rings. The summed E-state index contributed by atoms with van der Waals surface area (Å²) in [5.74, 6) is 0. The maximum Gasteiger partial charge on any atom is 0.388 e. The summed E-state index contributed by atoms with van der Waals surface area (Å²) >= 11 is 0. The second kappa shape index (κ2) is 3.94. The van der Waals surface area contributed by atoms with Gasteiger partial charge in [-0.3, -0.25) is 0 Å². The molecule has 0 aliphatic rings. The average Bonchev–Trinajstić information content (AvgIpc) is 1.99. The van der Waals surface area contributed by atoms with Crippen LogP contribution in [0.2, 0.25) is 12.6 Å². The summed E-state index contributed by atoms with van der Waals surface area (Å²) in [6.07, 6.45) is -4.78. The molecule has 0 heterocycles. The summed E-state index contributed by atoms with van der Waals surface area (Å²) in [5, 5.41) is 0. The minimum Gasteiger partial charge on any atom is -0.171 e. The summed E-state index contributed by atoms with van der Waals surface area (Å²) in [6, 6.07) is 0.156. The van der Waals surface area contributed by atoms with Gasteiger partial charge in [0.1, 0.15) is 0 Å². The molecule has 0 rings (SSSR count). The van der Waals surface area contributed by atoms with Gasteiger partial charge in [-0.25, -0.2) is 0 Å². The van der Waals surface area contributed by atoms with Gasteiger partial charge in [0, 0.05) is 6.42 Å². The van der Waals surface area contributed by atoms with Crippen molar-refractivity contribution < 1.29 is 13.2 Å². The van der Waals surface area contributed by atoms with Crippen molar-refractivity contribution in [2.24, 2.45) is 0 Å². The molecule has 0 nitrogen and oxygen atoms in total. The molecule has 0 aliphatic heterocycles. The topological polar surface area (TPSA) is 0 Å². The van der Waals surface area contributed by atoms with Gasteiger partial charge in [-0.05, 0) is 6.04 Å². The molecule has 0 atom stereocenters. The summed E-state index contributed by atoms with van der Waals surface area (Å²) < 4.78 is 35.4. The highest BCUT2D eigenvalue weighted by atomic mass is 28.3. The van der Waals surface area contributed by atoms with Crippen molar-refractivity contribution in [3.05, 3.63) is 24.6 Å². The van der Waals surface area contributed by atoms with Gasteiger partial charge in [0.05, 0.1) is 8.07 Å². The molecule has 0 N–H and O–H groups in total. The van der Waals surface area contributed by atoms with Gasteiger partial charge in [0.25, 0.3) is 0 Å². The largest absolute Gasteiger partial charge is 0.388 e. The fourth-order valence-corrected chi connectivity index (χ4v) is 2.10. The molecular formula is C8H13F3Si. The molecule has 4 heteroatoms. The molecule has 0 fully saturated rings. The predicted molar refractivity (Wildman–Crippen MR) is 47.5 cm³/mol. The Morgan fingerprint density at radius 3 is 1.92 bits per heavy atom. The van der Waals surface area contributed by atoms with Crippen molar-refractivity contribution in [1.82, 2.24) is 0 Å². The van der Waals surface area contributed by atoms with Gasteiger partial charge >= 0.3 is 6.18 Å². The van der Waals surface area contributed by atoms with Crippen LogP contribution in [-0.2, 0) is 0 Å². The first-order chi connectivity index (χ1) is 5.33. The molecule has 0 saturated carbocycles. The molecular weight excluding hydrogens is 181 g/mol. The zero-order valence-corrected chi connectivity index (χ0v) is 8.12. The highest BCUT2D eigenvalue weighted by Gasteiger charge is 2.31. The van der Waals surface area contributed by atoms with E-state index in [1.165, 1.54) is 0 Å². The maximum atomic E-state index is 11.8. The van der Waals surface area contributed by atoms with Crippen LogP contribution < -0.4 is 0 Å². The van der Waals surface area contributed by atoms with Crippen LogP contribution >= 0.6 is 0 Å². The van der Waals surface area contributed by atoms with E-state index in [1.54, 1.807) is 11.4 Å². The molecule has 0 unspecified atom stereocenters. The van der Waals surface area contributed by atoms with Crippen LogP contribution in [-0.4, -0.2) is 14.3 Å². The Bertz CT molecular complexity index is 164. The summed E-state index contributed by atoms with van der Waals surface area (Å²) in [5.41, 5.74) is 3.26. The summed E-state index contributed by atoms with van der Waals surface area (Å²) in [6.45, 7) is 8.87. The number of hydrogen-bond donors (Lipinski definition) is 0. The third-order valence-corrected chi connectivity index (χ3v) is 5.07. The Balaban J connectivity index is 4.06. The van der Waals surface area contributed by atoms with Crippen LogP contribution in [0, 0.1) is 0 Å². The van der Waals surface area contributed by atoms with Gasteiger partial charge in [0.15, 0.2) is 0 Å². The van der Waals surface area contributed by atoms with E-state index in [1.807, 2.05) is 6.55 Å².